The molecule has 2 N–H and O–H groups in total. The highest BCUT2D eigenvalue weighted by Crippen LogP contribution is 2.32. The number of benzene rings is 1. The first kappa shape index (κ1) is 16.9. The number of nitrogens with two attached hydrogens (primary N) is 1. The summed E-state index contributed by atoms with van der Waals surface area (Å²) in [6.45, 7) is 0.864. The zero-order valence-corrected chi connectivity index (χ0v) is 12.2. The number of methoxy groups -OCH3 is 1. The average Bonchev–Trinajstić information content (AvgIpc) is 2.87. The summed E-state index contributed by atoms with van der Waals surface area (Å²) in [5.74, 6) is -0.411. The van der Waals surface area contributed by atoms with Crippen LogP contribution in [0.1, 0.15) is 24.4 Å². The Morgan fingerprint density at radius 1 is 1.60 bits per heavy atom. The third-order valence-electron chi connectivity index (χ3n) is 3.43. The molecule has 1 aliphatic rings. The van der Waals surface area contributed by atoms with Gasteiger partial charge < -0.3 is 15.4 Å². The lowest BCUT2D eigenvalue weighted by Gasteiger charge is -2.27. The van der Waals surface area contributed by atoms with Gasteiger partial charge >= 0.3 is 0 Å². The van der Waals surface area contributed by atoms with E-state index < -0.39 is 6.04 Å². The van der Waals surface area contributed by atoms with Gasteiger partial charge in [-0.2, -0.15) is 0 Å². The summed E-state index contributed by atoms with van der Waals surface area (Å²) in [6.07, 6.45) is 1.75. The first-order valence-corrected chi connectivity index (χ1v) is 6.44. The van der Waals surface area contributed by atoms with Crippen LogP contribution < -0.4 is 5.73 Å². The molecule has 4 nitrogen and oxygen atoms in total. The van der Waals surface area contributed by atoms with Gasteiger partial charge in [0.15, 0.2) is 0 Å². The normalized spacial score (nSPS) is 19.6. The lowest BCUT2D eigenvalue weighted by Crippen LogP contribution is -2.45. The molecule has 0 aromatic heterocycles. The molecule has 1 fully saturated rings. The molecule has 1 aliphatic heterocycles. The summed E-state index contributed by atoms with van der Waals surface area (Å²) >= 11 is 0. The predicted octanol–water partition coefficient (Wildman–Crippen LogP) is 1.88. The molecule has 2 atom stereocenters. The zero-order chi connectivity index (χ0) is 13.8. The molecule has 1 amide bonds. The summed E-state index contributed by atoms with van der Waals surface area (Å²) in [6, 6.07) is 5.67. The molecule has 112 valence electrons. The Kier molecular flexibility index (Phi) is 6.39. The van der Waals surface area contributed by atoms with Gasteiger partial charge in [-0.1, -0.05) is 12.1 Å². The van der Waals surface area contributed by atoms with Crippen LogP contribution in [0.4, 0.5) is 4.39 Å². The summed E-state index contributed by atoms with van der Waals surface area (Å²) in [5, 5.41) is 0. The Morgan fingerprint density at radius 3 is 3.00 bits per heavy atom. The largest absolute Gasteiger partial charge is 0.383 e. The summed E-state index contributed by atoms with van der Waals surface area (Å²) < 4.78 is 18.2. The SMILES string of the molecule is COCC(N)C(=O)N1CCCC1c1cccc(F)c1.Cl. The fourth-order valence-corrected chi connectivity index (χ4v) is 2.55. The summed E-state index contributed by atoms with van der Waals surface area (Å²) in [4.78, 5) is 14.0. The highest BCUT2D eigenvalue weighted by molar-refractivity contribution is 5.85. The van der Waals surface area contributed by atoms with Gasteiger partial charge in [-0.05, 0) is 30.5 Å². The van der Waals surface area contributed by atoms with Gasteiger partial charge in [0.05, 0.1) is 12.6 Å². The Balaban J connectivity index is 0.00000200. The van der Waals surface area contributed by atoms with Crippen LogP contribution in [0.2, 0.25) is 0 Å². The number of likely N-dealkylation sites (tertiary alicyclic amines) is 1. The van der Waals surface area contributed by atoms with Crippen LogP contribution in [0.25, 0.3) is 0 Å². The van der Waals surface area contributed by atoms with Crippen LogP contribution in [-0.4, -0.2) is 37.1 Å². The number of carbonyl (C=O) groups is 1. The number of halogens is 2. The van der Waals surface area contributed by atoms with E-state index in [1.54, 1.807) is 11.0 Å². The van der Waals surface area contributed by atoms with Crippen molar-refractivity contribution in [2.45, 2.75) is 24.9 Å². The van der Waals surface area contributed by atoms with E-state index in [0.29, 0.717) is 6.54 Å². The van der Waals surface area contributed by atoms with Crippen molar-refractivity contribution in [2.75, 3.05) is 20.3 Å². The number of hydrogen-bond acceptors (Lipinski definition) is 3. The van der Waals surface area contributed by atoms with Gasteiger partial charge in [0.25, 0.3) is 0 Å². The van der Waals surface area contributed by atoms with E-state index in [0.717, 1.165) is 18.4 Å². The van der Waals surface area contributed by atoms with E-state index in [4.69, 9.17) is 10.5 Å². The first-order valence-electron chi connectivity index (χ1n) is 6.44. The van der Waals surface area contributed by atoms with E-state index in [9.17, 15) is 9.18 Å². The molecular weight excluding hydrogens is 283 g/mol. The molecule has 2 unspecified atom stereocenters. The van der Waals surface area contributed by atoms with Gasteiger partial charge in [0, 0.05) is 13.7 Å². The average molecular weight is 303 g/mol. The van der Waals surface area contributed by atoms with Crippen molar-refractivity contribution in [3.63, 3.8) is 0 Å². The van der Waals surface area contributed by atoms with E-state index in [1.165, 1.54) is 19.2 Å². The van der Waals surface area contributed by atoms with Crippen molar-refractivity contribution in [3.8, 4) is 0 Å². The minimum atomic E-state index is -0.654. The number of hydrogen-bond donors (Lipinski definition) is 1. The van der Waals surface area contributed by atoms with Crippen molar-refractivity contribution in [1.29, 1.82) is 0 Å². The van der Waals surface area contributed by atoms with Crippen LogP contribution in [0.15, 0.2) is 24.3 Å². The van der Waals surface area contributed by atoms with Crippen LogP contribution in [0, 0.1) is 5.82 Å². The second kappa shape index (κ2) is 7.57. The van der Waals surface area contributed by atoms with E-state index >= 15 is 0 Å². The second-order valence-corrected chi connectivity index (χ2v) is 4.81. The second-order valence-electron chi connectivity index (χ2n) is 4.81. The van der Waals surface area contributed by atoms with Crippen molar-refractivity contribution in [3.05, 3.63) is 35.6 Å². The van der Waals surface area contributed by atoms with E-state index in [-0.39, 0.29) is 36.8 Å². The van der Waals surface area contributed by atoms with Crippen LogP contribution >= 0.6 is 12.4 Å². The molecule has 0 bridgehead atoms. The van der Waals surface area contributed by atoms with E-state index in [1.807, 2.05) is 6.07 Å². The molecular formula is C14H20ClFN2O2. The van der Waals surface area contributed by atoms with Crippen LogP contribution in [0.5, 0.6) is 0 Å². The maximum atomic E-state index is 13.3. The van der Waals surface area contributed by atoms with Crippen LogP contribution in [-0.2, 0) is 9.53 Å². The minimum absolute atomic E-state index is 0. The van der Waals surface area contributed by atoms with E-state index in [2.05, 4.69) is 0 Å². The fourth-order valence-electron chi connectivity index (χ4n) is 2.55. The Morgan fingerprint density at radius 2 is 2.35 bits per heavy atom. The van der Waals surface area contributed by atoms with Crippen molar-refractivity contribution in [1.82, 2.24) is 4.90 Å². The molecule has 20 heavy (non-hydrogen) atoms. The standard InChI is InChI=1S/C14H19FN2O2.ClH/c1-19-9-12(16)14(18)17-7-3-6-13(17)10-4-2-5-11(15)8-10;/h2,4-5,8,12-13H,3,6-7,9,16H2,1H3;1H. The van der Waals surface area contributed by atoms with Gasteiger partial charge in [-0.15, -0.1) is 12.4 Å². The monoisotopic (exact) mass is 302 g/mol. The third-order valence-corrected chi connectivity index (χ3v) is 3.43. The molecule has 0 aliphatic carbocycles. The lowest BCUT2D eigenvalue weighted by molar-refractivity contribution is -0.134. The van der Waals surface area contributed by atoms with Crippen molar-refractivity contribution < 1.29 is 13.9 Å². The molecule has 2 rings (SSSR count). The first-order chi connectivity index (χ1) is 9.13. The molecule has 1 heterocycles. The van der Waals surface area contributed by atoms with Crippen molar-refractivity contribution >= 4 is 18.3 Å². The Hall–Kier alpha value is -1.17. The summed E-state index contributed by atoms with van der Waals surface area (Å²) in [7, 11) is 1.52. The molecule has 6 heteroatoms. The molecule has 0 radical (unpaired) electrons. The van der Waals surface area contributed by atoms with Crippen molar-refractivity contribution in [2.24, 2.45) is 5.73 Å². The highest BCUT2D eigenvalue weighted by atomic mass is 35.5. The number of nitrogens with zero attached hydrogens (tertiary/aromatic N) is 1. The molecule has 1 aromatic rings. The molecule has 0 saturated carbocycles. The molecule has 1 aromatic carbocycles. The van der Waals surface area contributed by atoms with Gasteiger partial charge in [-0.3, -0.25) is 4.79 Å². The number of carbonyl (C=O) groups excluding carboxylic acids is 1. The number of ether oxygens (including phenoxy) is 1. The highest BCUT2D eigenvalue weighted by Gasteiger charge is 2.32. The maximum absolute atomic E-state index is 13.3. The van der Waals surface area contributed by atoms with Gasteiger partial charge in [0.2, 0.25) is 5.91 Å². The lowest BCUT2D eigenvalue weighted by atomic mass is 10.0. The topological polar surface area (TPSA) is 55.6 Å². The maximum Gasteiger partial charge on any atom is 0.242 e. The van der Waals surface area contributed by atoms with Crippen LogP contribution in [0.3, 0.4) is 0 Å². The zero-order valence-electron chi connectivity index (χ0n) is 11.4. The fraction of sp³-hybridized carbons (Fsp3) is 0.500. The quantitative estimate of drug-likeness (QED) is 0.924. The number of rotatable bonds is 4. The van der Waals surface area contributed by atoms with Gasteiger partial charge in [-0.25, -0.2) is 4.39 Å². The number of amides is 1. The van der Waals surface area contributed by atoms with Gasteiger partial charge in [0.1, 0.15) is 11.9 Å². The summed E-state index contributed by atoms with van der Waals surface area (Å²) in [5.41, 5.74) is 6.62. The minimum Gasteiger partial charge on any atom is -0.383 e. The predicted molar refractivity (Wildman–Crippen MR) is 77.2 cm³/mol. The Bertz CT molecular complexity index is 459. The Labute approximate surface area is 124 Å². The molecule has 1 saturated heterocycles. The smallest absolute Gasteiger partial charge is 0.242 e. The molecule has 0 spiro atoms. The third kappa shape index (κ3) is 3.69.